The van der Waals surface area contributed by atoms with Gasteiger partial charge in [0.2, 0.25) is 10.0 Å². The predicted molar refractivity (Wildman–Crippen MR) is 63.7 cm³/mol. The number of nitrogens with two attached hydrogens (primary N) is 1. The molecule has 1 heterocycles. The van der Waals surface area contributed by atoms with Gasteiger partial charge in [0.05, 0.1) is 11.4 Å². The zero-order valence-electron chi connectivity index (χ0n) is 10.1. The van der Waals surface area contributed by atoms with E-state index in [1.807, 2.05) is 6.92 Å². The van der Waals surface area contributed by atoms with Gasteiger partial charge in [-0.2, -0.15) is 0 Å². The van der Waals surface area contributed by atoms with E-state index in [0.717, 1.165) is 19.4 Å². The van der Waals surface area contributed by atoms with Crippen LogP contribution < -0.4 is 5.73 Å². The first kappa shape index (κ1) is 13.9. The zero-order chi connectivity index (χ0) is 12.2. The van der Waals surface area contributed by atoms with Crippen LogP contribution in [0.5, 0.6) is 0 Å². The van der Waals surface area contributed by atoms with E-state index in [1.54, 1.807) is 7.05 Å². The van der Waals surface area contributed by atoms with Crippen LogP contribution in [0.25, 0.3) is 0 Å². The van der Waals surface area contributed by atoms with Crippen molar-refractivity contribution < 1.29 is 13.2 Å². The third-order valence-electron chi connectivity index (χ3n) is 3.06. The van der Waals surface area contributed by atoms with E-state index in [4.69, 9.17) is 10.5 Å². The highest BCUT2D eigenvalue weighted by atomic mass is 32.2. The van der Waals surface area contributed by atoms with Crippen LogP contribution in [-0.4, -0.2) is 50.8 Å². The molecule has 1 rings (SSSR count). The van der Waals surface area contributed by atoms with Crippen LogP contribution in [0.3, 0.4) is 0 Å². The van der Waals surface area contributed by atoms with Gasteiger partial charge < -0.3 is 10.5 Å². The van der Waals surface area contributed by atoms with E-state index in [1.165, 1.54) is 4.31 Å². The van der Waals surface area contributed by atoms with Crippen molar-refractivity contribution in [3.63, 3.8) is 0 Å². The summed E-state index contributed by atoms with van der Waals surface area (Å²) in [6.45, 7) is 3.20. The van der Waals surface area contributed by atoms with Gasteiger partial charge >= 0.3 is 0 Å². The summed E-state index contributed by atoms with van der Waals surface area (Å²) in [6.07, 6.45) is 2.57. The van der Waals surface area contributed by atoms with E-state index in [0.29, 0.717) is 13.0 Å². The molecule has 96 valence electrons. The van der Waals surface area contributed by atoms with Crippen molar-refractivity contribution >= 4 is 10.0 Å². The van der Waals surface area contributed by atoms with Crippen LogP contribution in [-0.2, 0) is 14.8 Å². The first-order chi connectivity index (χ1) is 7.52. The average molecular weight is 250 g/mol. The molecule has 0 saturated carbocycles. The lowest BCUT2D eigenvalue weighted by Crippen LogP contribution is -2.42. The topological polar surface area (TPSA) is 72.6 Å². The van der Waals surface area contributed by atoms with Crippen molar-refractivity contribution in [1.82, 2.24) is 4.31 Å². The summed E-state index contributed by atoms with van der Waals surface area (Å²) in [6, 6.07) is 0. The van der Waals surface area contributed by atoms with Gasteiger partial charge in [-0.3, -0.25) is 0 Å². The fraction of sp³-hybridized carbons (Fsp3) is 1.00. The van der Waals surface area contributed by atoms with Crippen molar-refractivity contribution in [3.05, 3.63) is 0 Å². The molecule has 1 saturated heterocycles. The molecule has 0 bridgehead atoms. The lowest BCUT2D eigenvalue weighted by molar-refractivity contribution is 0.0977. The largest absolute Gasteiger partial charge is 0.377 e. The fourth-order valence-electron chi connectivity index (χ4n) is 1.93. The van der Waals surface area contributed by atoms with E-state index < -0.39 is 15.3 Å². The molecule has 0 aromatic rings. The monoisotopic (exact) mass is 250 g/mol. The van der Waals surface area contributed by atoms with Gasteiger partial charge in [-0.25, -0.2) is 12.7 Å². The van der Waals surface area contributed by atoms with Gasteiger partial charge in [0.25, 0.3) is 0 Å². The molecular weight excluding hydrogens is 228 g/mol. The molecule has 0 spiro atoms. The Morgan fingerprint density at radius 2 is 2.25 bits per heavy atom. The van der Waals surface area contributed by atoms with Gasteiger partial charge in [-0.15, -0.1) is 0 Å². The van der Waals surface area contributed by atoms with Gasteiger partial charge in [0, 0.05) is 26.7 Å². The number of sulfonamides is 1. The Balaban J connectivity index is 2.59. The summed E-state index contributed by atoms with van der Waals surface area (Å²) in [7, 11) is -1.65. The summed E-state index contributed by atoms with van der Waals surface area (Å²) >= 11 is 0. The maximum atomic E-state index is 12.1. The Hall–Kier alpha value is -0.170. The number of hydrogen-bond donors (Lipinski definition) is 1. The van der Waals surface area contributed by atoms with Crippen molar-refractivity contribution in [2.75, 3.05) is 26.7 Å². The molecule has 0 radical (unpaired) electrons. The highest BCUT2D eigenvalue weighted by Crippen LogP contribution is 2.16. The van der Waals surface area contributed by atoms with Crippen LogP contribution in [0.1, 0.15) is 26.2 Å². The lowest BCUT2D eigenvalue weighted by atomic mass is 10.2. The van der Waals surface area contributed by atoms with E-state index in [2.05, 4.69) is 0 Å². The molecule has 0 aliphatic carbocycles. The Labute approximate surface area is 98.0 Å². The minimum absolute atomic E-state index is 0.0510. The molecule has 1 aliphatic rings. The van der Waals surface area contributed by atoms with Gasteiger partial charge in [-0.1, -0.05) is 6.92 Å². The summed E-state index contributed by atoms with van der Waals surface area (Å²) < 4.78 is 31.0. The minimum Gasteiger partial charge on any atom is -0.377 e. The molecule has 0 amide bonds. The number of hydrogen-bond acceptors (Lipinski definition) is 4. The average Bonchev–Trinajstić information content (AvgIpc) is 2.71. The van der Waals surface area contributed by atoms with Gasteiger partial charge in [-0.05, 0) is 19.3 Å². The highest BCUT2D eigenvalue weighted by Gasteiger charge is 2.29. The van der Waals surface area contributed by atoms with Gasteiger partial charge in [0.15, 0.2) is 0 Å². The molecule has 5 nitrogen and oxygen atoms in total. The second-order valence-electron chi connectivity index (χ2n) is 4.23. The maximum absolute atomic E-state index is 12.1. The molecular formula is C10H22N2O3S. The van der Waals surface area contributed by atoms with E-state index in [9.17, 15) is 8.42 Å². The molecule has 0 aromatic carbocycles. The van der Waals surface area contributed by atoms with Crippen molar-refractivity contribution in [2.24, 2.45) is 5.73 Å². The highest BCUT2D eigenvalue weighted by molar-refractivity contribution is 7.89. The third kappa shape index (κ3) is 3.16. The molecule has 0 aromatic heterocycles. The Morgan fingerprint density at radius 3 is 2.69 bits per heavy atom. The van der Waals surface area contributed by atoms with E-state index >= 15 is 0 Å². The van der Waals surface area contributed by atoms with Crippen molar-refractivity contribution in [1.29, 1.82) is 0 Å². The Bertz CT molecular complexity index is 295. The molecule has 2 atom stereocenters. The Morgan fingerprint density at radius 1 is 1.56 bits per heavy atom. The number of nitrogens with zero attached hydrogens (tertiary/aromatic N) is 1. The number of ether oxygens (including phenoxy) is 1. The van der Waals surface area contributed by atoms with Crippen molar-refractivity contribution in [3.8, 4) is 0 Å². The van der Waals surface area contributed by atoms with Crippen molar-refractivity contribution in [2.45, 2.75) is 37.5 Å². The zero-order valence-corrected chi connectivity index (χ0v) is 10.9. The first-order valence-electron chi connectivity index (χ1n) is 5.79. The predicted octanol–water partition coefficient (Wildman–Crippen LogP) is 0.164. The molecule has 2 N–H and O–H groups in total. The quantitative estimate of drug-likeness (QED) is 0.729. The molecule has 6 heteroatoms. The fourth-order valence-corrected chi connectivity index (χ4v) is 3.48. The molecule has 1 fully saturated rings. The smallest absolute Gasteiger partial charge is 0.218 e. The molecule has 16 heavy (non-hydrogen) atoms. The third-order valence-corrected chi connectivity index (χ3v) is 5.44. The number of likely N-dealkylation sites (N-methyl/N-ethyl adjacent to an activating group) is 1. The van der Waals surface area contributed by atoms with Crippen LogP contribution >= 0.6 is 0 Å². The number of rotatable bonds is 6. The first-order valence-corrected chi connectivity index (χ1v) is 7.29. The van der Waals surface area contributed by atoms with E-state index in [-0.39, 0.29) is 12.6 Å². The van der Waals surface area contributed by atoms with Crippen LogP contribution in [0.2, 0.25) is 0 Å². The maximum Gasteiger partial charge on any atom is 0.218 e. The van der Waals surface area contributed by atoms with Crippen LogP contribution in [0.4, 0.5) is 0 Å². The lowest BCUT2D eigenvalue weighted by Gasteiger charge is -2.24. The summed E-state index contributed by atoms with van der Waals surface area (Å²) in [5.41, 5.74) is 5.48. The standard InChI is InChI=1S/C10H22N2O3S/c1-3-10(7-11)16(13,14)12(2)8-9-5-4-6-15-9/h9-10H,3-8,11H2,1-2H3. The van der Waals surface area contributed by atoms with Gasteiger partial charge in [0.1, 0.15) is 0 Å². The summed E-state index contributed by atoms with van der Waals surface area (Å²) in [5.74, 6) is 0. The Kier molecular flexibility index (Phi) is 5.17. The summed E-state index contributed by atoms with van der Waals surface area (Å²) in [4.78, 5) is 0. The molecule has 1 aliphatic heterocycles. The second-order valence-corrected chi connectivity index (χ2v) is 6.55. The normalized spacial score (nSPS) is 23.9. The van der Waals surface area contributed by atoms with Crippen LogP contribution in [0.15, 0.2) is 0 Å². The molecule has 2 unspecified atom stereocenters. The summed E-state index contributed by atoms with van der Waals surface area (Å²) in [5, 5.41) is -0.473. The minimum atomic E-state index is -3.26. The van der Waals surface area contributed by atoms with Crippen LogP contribution in [0, 0.1) is 0 Å². The second kappa shape index (κ2) is 5.95. The SMILES string of the molecule is CCC(CN)S(=O)(=O)N(C)CC1CCCO1.